The highest BCUT2D eigenvalue weighted by Crippen LogP contribution is 2.32. The number of benzene rings is 1. The molecule has 0 fully saturated rings. The highest BCUT2D eigenvalue weighted by molar-refractivity contribution is 7.16. The first-order valence-electron chi connectivity index (χ1n) is 7.27. The molecule has 1 amide bonds. The van der Waals surface area contributed by atoms with Gasteiger partial charge in [0.05, 0.1) is 19.8 Å². The van der Waals surface area contributed by atoms with Crippen LogP contribution in [0, 0.1) is 13.8 Å². The summed E-state index contributed by atoms with van der Waals surface area (Å²) in [5, 5.41) is 3.25. The Kier molecular flexibility index (Phi) is 5.76. The average Bonchev–Trinajstić information content (AvgIpc) is 2.86. The van der Waals surface area contributed by atoms with E-state index < -0.39 is 5.97 Å². The SMILES string of the molecule is COC(=O)c1c(NC(=O)/C=C/c2ccc(OC)cc2)sc(C)c1C. The number of esters is 1. The Labute approximate surface area is 144 Å². The van der Waals surface area contributed by atoms with E-state index in [4.69, 9.17) is 9.47 Å². The van der Waals surface area contributed by atoms with E-state index in [1.807, 2.05) is 38.1 Å². The number of hydrogen-bond acceptors (Lipinski definition) is 5. The van der Waals surface area contributed by atoms with Crippen LogP contribution >= 0.6 is 11.3 Å². The van der Waals surface area contributed by atoms with Crippen LogP contribution in [0.3, 0.4) is 0 Å². The minimum Gasteiger partial charge on any atom is -0.497 e. The monoisotopic (exact) mass is 345 g/mol. The molecule has 0 saturated carbocycles. The highest BCUT2D eigenvalue weighted by atomic mass is 32.1. The Morgan fingerprint density at radius 1 is 1.12 bits per heavy atom. The lowest BCUT2D eigenvalue weighted by Crippen LogP contribution is -2.11. The van der Waals surface area contributed by atoms with E-state index in [1.165, 1.54) is 24.5 Å². The molecule has 1 aromatic heterocycles. The predicted octanol–water partition coefficient (Wildman–Crippen LogP) is 3.81. The molecule has 0 unspecified atom stereocenters. The van der Waals surface area contributed by atoms with E-state index in [1.54, 1.807) is 13.2 Å². The molecular formula is C18H19NO4S. The standard InChI is InChI=1S/C18H19NO4S/c1-11-12(2)24-17(16(11)18(21)23-4)19-15(20)10-7-13-5-8-14(22-3)9-6-13/h5-10H,1-4H3,(H,19,20)/b10-7+. The zero-order chi connectivity index (χ0) is 17.7. The number of nitrogens with one attached hydrogen (secondary N) is 1. The van der Waals surface area contributed by atoms with Gasteiger partial charge >= 0.3 is 5.97 Å². The second kappa shape index (κ2) is 7.79. The summed E-state index contributed by atoms with van der Waals surface area (Å²) in [6, 6.07) is 7.34. The van der Waals surface area contributed by atoms with Crippen LogP contribution in [0.5, 0.6) is 5.75 Å². The maximum Gasteiger partial charge on any atom is 0.341 e. The Morgan fingerprint density at radius 3 is 2.38 bits per heavy atom. The van der Waals surface area contributed by atoms with Crippen molar-refractivity contribution in [1.82, 2.24) is 0 Å². The number of anilines is 1. The summed E-state index contributed by atoms with van der Waals surface area (Å²) >= 11 is 1.36. The fourth-order valence-electron chi connectivity index (χ4n) is 2.10. The minimum atomic E-state index is -0.453. The van der Waals surface area contributed by atoms with E-state index in [9.17, 15) is 9.59 Å². The molecule has 1 heterocycles. The van der Waals surface area contributed by atoms with E-state index in [-0.39, 0.29) is 5.91 Å². The predicted molar refractivity (Wildman–Crippen MR) is 95.8 cm³/mol. The molecule has 0 saturated heterocycles. The van der Waals surface area contributed by atoms with Gasteiger partial charge in [-0.2, -0.15) is 0 Å². The summed E-state index contributed by atoms with van der Waals surface area (Å²) in [5.41, 5.74) is 2.10. The van der Waals surface area contributed by atoms with Crippen molar-refractivity contribution >= 4 is 34.3 Å². The number of amides is 1. The Bertz CT molecular complexity index is 775. The third-order valence-electron chi connectivity index (χ3n) is 3.55. The third kappa shape index (κ3) is 4.02. The molecule has 6 heteroatoms. The Morgan fingerprint density at radius 2 is 1.79 bits per heavy atom. The van der Waals surface area contributed by atoms with Gasteiger partial charge in [0.25, 0.3) is 0 Å². The van der Waals surface area contributed by atoms with Crippen molar-refractivity contribution in [1.29, 1.82) is 0 Å². The number of thiophene rings is 1. The summed E-state index contributed by atoms with van der Waals surface area (Å²) in [7, 11) is 2.92. The van der Waals surface area contributed by atoms with Gasteiger partial charge in [-0.25, -0.2) is 4.79 Å². The van der Waals surface area contributed by atoms with Gasteiger partial charge in [0.15, 0.2) is 0 Å². The average molecular weight is 345 g/mol. The number of aryl methyl sites for hydroxylation is 1. The third-order valence-corrected chi connectivity index (χ3v) is 4.68. The Hall–Kier alpha value is -2.60. The number of hydrogen-bond donors (Lipinski definition) is 1. The molecule has 0 aliphatic carbocycles. The van der Waals surface area contributed by atoms with Crippen molar-refractivity contribution in [2.45, 2.75) is 13.8 Å². The summed E-state index contributed by atoms with van der Waals surface area (Å²) in [4.78, 5) is 25.0. The maximum atomic E-state index is 12.1. The van der Waals surface area contributed by atoms with Crippen LogP contribution in [-0.2, 0) is 9.53 Å². The molecule has 0 bridgehead atoms. The largest absolute Gasteiger partial charge is 0.497 e. The summed E-state index contributed by atoms with van der Waals surface area (Å²) in [6.45, 7) is 3.73. The smallest absolute Gasteiger partial charge is 0.341 e. The lowest BCUT2D eigenvalue weighted by atomic mass is 10.1. The van der Waals surface area contributed by atoms with Gasteiger partial charge in [-0.05, 0) is 43.2 Å². The zero-order valence-electron chi connectivity index (χ0n) is 14.0. The van der Waals surface area contributed by atoms with Crippen LogP contribution in [0.4, 0.5) is 5.00 Å². The lowest BCUT2D eigenvalue weighted by molar-refractivity contribution is -0.111. The number of methoxy groups -OCH3 is 2. The molecule has 0 atom stereocenters. The number of rotatable bonds is 5. The van der Waals surface area contributed by atoms with E-state index in [0.717, 1.165) is 21.8 Å². The van der Waals surface area contributed by atoms with Crippen LogP contribution in [-0.4, -0.2) is 26.1 Å². The van der Waals surface area contributed by atoms with Gasteiger partial charge < -0.3 is 14.8 Å². The van der Waals surface area contributed by atoms with Crippen LogP contribution in [0.2, 0.25) is 0 Å². The first kappa shape index (κ1) is 17.7. The first-order chi connectivity index (χ1) is 11.5. The summed E-state index contributed by atoms with van der Waals surface area (Å²) in [5.74, 6) is -0.00707. The second-order valence-electron chi connectivity index (χ2n) is 5.07. The molecular weight excluding hydrogens is 326 g/mol. The Balaban J connectivity index is 2.13. The van der Waals surface area contributed by atoms with Gasteiger partial charge in [-0.1, -0.05) is 12.1 Å². The van der Waals surface area contributed by atoms with Crippen molar-refractivity contribution in [3.63, 3.8) is 0 Å². The van der Waals surface area contributed by atoms with E-state index in [0.29, 0.717) is 10.6 Å². The van der Waals surface area contributed by atoms with Gasteiger partial charge in [0.1, 0.15) is 10.8 Å². The van der Waals surface area contributed by atoms with Gasteiger partial charge in [0, 0.05) is 11.0 Å². The number of carbonyl (C=O) groups excluding carboxylic acids is 2. The number of ether oxygens (including phenoxy) is 2. The molecule has 0 aliphatic heterocycles. The molecule has 1 aromatic carbocycles. The lowest BCUT2D eigenvalue weighted by Gasteiger charge is -2.04. The highest BCUT2D eigenvalue weighted by Gasteiger charge is 2.20. The molecule has 0 spiro atoms. The zero-order valence-corrected chi connectivity index (χ0v) is 14.8. The molecule has 2 rings (SSSR count). The second-order valence-corrected chi connectivity index (χ2v) is 6.30. The van der Waals surface area contributed by atoms with Crippen molar-refractivity contribution in [2.24, 2.45) is 0 Å². The van der Waals surface area contributed by atoms with Gasteiger partial charge in [-0.15, -0.1) is 11.3 Å². The maximum absolute atomic E-state index is 12.1. The van der Waals surface area contributed by atoms with Gasteiger partial charge in [0.2, 0.25) is 5.91 Å². The van der Waals surface area contributed by atoms with Crippen molar-refractivity contribution in [2.75, 3.05) is 19.5 Å². The van der Waals surface area contributed by atoms with Crippen molar-refractivity contribution in [3.05, 3.63) is 51.9 Å². The first-order valence-corrected chi connectivity index (χ1v) is 8.09. The molecule has 126 valence electrons. The molecule has 0 radical (unpaired) electrons. The molecule has 0 aliphatic rings. The van der Waals surface area contributed by atoms with Crippen LogP contribution in [0.25, 0.3) is 6.08 Å². The fraction of sp³-hybridized carbons (Fsp3) is 0.222. The van der Waals surface area contributed by atoms with Crippen molar-refractivity contribution in [3.8, 4) is 5.75 Å². The fourth-order valence-corrected chi connectivity index (χ4v) is 3.15. The van der Waals surface area contributed by atoms with Crippen LogP contribution in [0.1, 0.15) is 26.4 Å². The quantitative estimate of drug-likeness (QED) is 0.661. The van der Waals surface area contributed by atoms with Gasteiger partial charge in [-0.3, -0.25) is 4.79 Å². The van der Waals surface area contributed by atoms with Crippen LogP contribution in [0.15, 0.2) is 30.3 Å². The topological polar surface area (TPSA) is 64.6 Å². The van der Waals surface area contributed by atoms with Crippen molar-refractivity contribution < 1.29 is 19.1 Å². The molecule has 5 nitrogen and oxygen atoms in total. The summed E-state index contributed by atoms with van der Waals surface area (Å²) < 4.78 is 9.88. The van der Waals surface area contributed by atoms with E-state index >= 15 is 0 Å². The molecule has 24 heavy (non-hydrogen) atoms. The van der Waals surface area contributed by atoms with E-state index in [2.05, 4.69) is 5.32 Å². The minimum absolute atomic E-state index is 0.308. The summed E-state index contributed by atoms with van der Waals surface area (Å²) in [6.07, 6.45) is 3.12. The molecule has 2 aromatic rings. The van der Waals surface area contributed by atoms with Crippen LogP contribution < -0.4 is 10.1 Å². The molecule has 1 N–H and O–H groups in total. The normalized spacial score (nSPS) is 10.7. The number of carbonyl (C=O) groups is 2.